The molecule has 3 saturated carbocycles. The minimum atomic E-state index is -0.483. The van der Waals surface area contributed by atoms with Crippen LogP contribution >= 0.6 is 0 Å². The van der Waals surface area contributed by atoms with Gasteiger partial charge in [-0.15, -0.1) is 0 Å². The van der Waals surface area contributed by atoms with Crippen molar-refractivity contribution in [3.05, 3.63) is 16.7 Å². The molecular formula is C23H30O5. The number of ether oxygens (including phenoxy) is 1. The Balaban J connectivity index is 1.91. The van der Waals surface area contributed by atoms with Crippen LogP contribution in [0.2, 0.25) is 0 Å². The van der Waals surface area contributed by atoms with E-state index in [0.717, 1.165) is 32.1 Å². The molecule has 1 aromatic rings. The van der Waals surface area contributed by atoms with Gasteiger partial charge in [0.05, 0.1) is 11.1 Å². The second kappa shape index (κ2) is 6.23. The second-order valence-electron chi connectivity index (χ2n) is 10.0. The fourth-order valence-corrected chi connectivity index (χ4v) is 6.36. The van der Waals surface area contributed by atoms with Crippen LogP contribution in [0.3, 0.4) is 0 Å². The fraction of sp³-hybridized carbons (Fsp3) is 0.652. The minimum Gasteiger partial charge on any atom is -0.507 e. The monoisotopic (exact) mass is 386 g/mol. The van der Waals surface area contributed by atoms with Crippen molar-refractivity contribution < 1.29 is 24.5 Å². The van der Waals surface area contributed by atoms with Crippen molar-refractivity contribution in [3.8, 4) is 17.2 Å². The maximum Gasteiger partial charge on any atom is 0.157 e. The van der Waals surface area contributed by atoms with Gasteiger partial charge in [-0.25, -0.2) is 0 Å². The van der Waals surface area contributed by atoms with E-state index in [-0.39, 0.29) is 39.6 Å². The molecule has 5 rings (SSSR count). The molecule has 3 aliphatic carbocycles. The van der Waals surface area contributed by atoms with Gasteiger partial charge in [0.25, 0.3) is 0 Å². The number of hydrogen-bond donors (Lipinski definition) is 2. The topological polar surface area (TPSA) is 83.8 Å². The third-order valence-corrected chi connectivity index (χ3v) is 7.83. The fourth-order valence-electron chi connectivity index (χ4n) is 6.36. The average Bonchev–Trinajstić information content (AvgIpc) is 2.61. The van der Waals surface area contributed by atoms with Crippen LogP contribution in [0.5, 0.6) is 17.2 Å². The summed E-state index contributed by atoms with van der Waals surface area (Å²) < 4.78 is 6.57. The summed E-state index contributed by atoms with van der Waals surface area (Å²) in [4.78, 5) is 23.4. The molecule has 1 aliphatic heterocycles. The van der Waals surface area contributed by atoms with Gasteiger partial charge in [-0.1, -0.05) is 27.7 Å². The number of hydrogen-bond acceptors (Lipinski definition) is 5. The van der Waals surface area contributed by atoms with Crippen molar-refractivity contribution >= 4 is 12.6 Å². The van der Waals surface area contributed by atoms with E-state index in [1.165, 1.54) is 0 Å². The molecular weight excluding hydrogens is 356 g/mol. The molecule has 3 fully saturated rings. The van der Waals surface area contributed by atoms with E-state index in [2.05, 4.69) is 27.7 Å². The van der Waals surface area contributed by atoms with Crippen molar-refractivity contribution in [2.24, 2.45) is 23.2 Å². The van der Waals surface area contributed by atoms with Crippen LogP contribution < -0.4 is 4.74 Å². The molecule has 0 amide bonds. The Labute approximate surface area is 166 Å². The number of phenols is 2. The Kier molecular flexibility index (Phi) is 4.29. The lowest BCUT2D eigenvalue weighted by Gasteiger charge is -2.66. The quantitative estimate of drug-likeness (QED) is 0.724. The van der Waals surface area contributed by atoms with E-state index in [1.54, 1.807) is 0 Å². The summed E-state index contributed by atoms with van der Waals surface area (Å²) in [5, 5.41) is 21.3. The Bertz CT molecular complexity index is 838. The van der Waals surface area contributed by atoms with Gasteiger partial charge in [-0.3, -0.25) is 9.59 Å². The highest BCUT2D eigenvalue weighted by Gasteiger charge is 2.64. The largest absolute Gasteiger partial charge is 0.507 e. The number of rotatable bonds is 4. The first-order chi connectivity index (χ1) is 13.2. The number of benzene rings is 1. The highest BCUT2D eigenvalue weighted by Crippen LogP contribution is 2.67. The summed E-state index contributed by atoms with van der Waals surface area (Å²) in [5.41, 5.74) is 0.0839. The Morgan fingerprint density at radius 2 is 1.82 bits per heavy atom. The first-order valence-corrected chi connectivity index (χ1v) is 10.4. The molecule has 5 nitrogen and oxygen atoms in total. The summed E-state index contributed by atoms with van der Waals surface area (Å²) in [6.07, 6.45) is 5.69. The lowest BCUT2D eigenvalue weighted by molar-refractivity contribution is -0.199. The minimum absolute atomic E-state index is 0.0121. The molecule has 0 radical (unpaired) electrons. The first-order valence-electron chi connectivity index (χ1n) is 10.4. The Hall–Kier alpha value is -2.04. The highest BCUT2D eigenvalue weighted by atomic mass is 16.5. The number of phenolic OH excluding ortho intramolecular Hbond substituents is 2. The molecule has 1 aromatic carbocycles. The molecule has 0 unspecified atom stereocenters. The zero-order valence-corrected chi connectivity index (χ0v) is 17.1. The van der Waals surface area contributed by atoms with Gasteiger partial charge in [-0.2, -0.15) is 0 Å². The van der Waals surface area contributed by atoms with Gasteiger partial charge in [0.1, 0.15) is 22.8 Å². The van der Waals surface area contributed by atoms with Gasteiger partial charge in [0, 0.05) is 11.5 Å². The number of fused-ring (bicyclic) bond motifs is 2. The third kappa shape index (κ3) is 2.44. The normalized spacial score (nSPS) is 32.4. The predicted octanol–water partition coefficient (Wildman–Crippen LogP) is 4.83. The maximum atomic E-state index is 11.9. The van der Waals surface area contributed by atoms with Crippen molar-refractivity contribution in [3.63, 3.8) is 0 Å². The SMILES string of the molecule is CC(C)C[C@H]1C[C@]2(CC[C@H]3C[C@@H]2C3(C)C)Oc2c(C=O)c(O)c(C=O)c(O)c21. The summed E-state index contributed by atoms with van der Waals surface area (Å²) in [7, 11) is 0. The third-order valence-electron chi connectivity index (χ3n) is 7.83. The molecule has 28 heavy (non-hydrogen) atoms. The summed E-state index contributed by atoms with van der Waals surface area (Å²) in [6.45, 7) is 8.86. The van der Waals surface area contributed by atoms with E-state index in [9.17, 15) is 19.8 Å². The second-order valence-corrected chi connectivity index (χ2v) is 10.0. The van der Waals surface area contributed by atoms with Crippen molar-refractivity contribution in [1.29, 1.82) is 0 Å². The van der Waals surface area contributed by atoms with E-state index < -0.39 is 5.75 Å². The number of aldehydes is 2. The molecule has 152 valence electrons. The molecule has 2 bridgehead atoms. The summed E-state index contributed by atoms with van der Waals surface area (Å²) in [5.74, 6) is 1.02. The van der Waals surface area contributed by atoms with Gasteiger partial charge < -0.3 is 14.9 Å². The number of carbonyl (C=O) groups excluding carboxylic acids is 2. The zero-order chi connectivity index (χ0) is 20.4. The van der Waals surface area contributed by atoms with Gasteiger partial charge in [0.2, 0.25) is 0 Å². The van der Waals surface area contributed by atoms with Gasteiger partial charge >= 0.3 is 0 Å². The Morgan fingerprint density at radius 1 is 1.14 bits per heavy atom. The number of carbonyl (C=O) groups is 2. The first kappa shape index (κ1) is 19.3. The predicted molar refractivity (Wildman–Crippen MR) is 105 cm³/mol. The van der Waals surface area contributed by atoms with E-state index in [0.29, 0.717) is 35.9 Å². The van der Waals surface area contributed by atoms with Crippen molar-refractivity contribution in [2.75, 3.05) is 0 Å². The van der Waals surface area contributed by atoms with Crippen LogP contribution in [0, 0.1) is 23.2 Å². The molecule has 0 saturated heterocycles. The highest BCUT2D eigenvalue weighted by molar-refractivity contribution is 5.95. The van der Waals surface area contributed by atoms with Crippen molar-refractivity contribution in [2.45, 2.75) is 71.3 Å². The smallest absolute Gasteiger partial charge is 0.157 e. The van der Waals surface area contributed by atoms with Crippen LogP contribution in [0.25, 0.3) is 0 Å². The van der Waals surface area contributed by atoms with E-state index in [1.807, 2.05) is 0 Å². The molecule has 1 spiro atoms. The summed E-state index contributed by atoms with van der Waals surface area (Å²) >= 11 is 0. The zero-order valence-electron chi connectivity index (χ0n) is 17.1. The maximum absolute atomic E-state index is 11.9. The molecule has 4 atom stereocenters. The Morgan fingerprint density at radius 3 is 2.36 bits per heavy atom. The lowest BCUT2D eigenvalue weighted by atomic mass is 9.42. The standard InChI is InChI=1S/C23H30O5/c1-12(2)7-13-9-23(6-5-14-8-17(23)22(14,3)4)28-21-16(11-25)19(26)15(10-24)20(27)18(13)21/h10-14,17,26-27H,5-9H2,1-4H3/t13-,14-,17+,23-/m0/s1. The molecule has 2 N–H and O–H groups in total. The van der Waals surface area contributed by atoms with Crippen LogP contribution in [-0.2, 0) is 0 Å². The van der Waals surface area contributed by atoms with Crippen LogP contribution in [0.4, 0.5) is 0 Å². The number of aromatic hydroxyl groups is 2. The van der Waals surface area contributed by atoms with Crippen molar-refractivity contribution in [1.82, 2.24) is 0 Å². The molecule has 5 heteroatoms. The summed E-state index contributed by atoms with van der Waals surface area (Å²) in [6, 6.07) is 0. The van der Waals surface area contributed by atoms with E-state index in [4.69, 9.17) is 4.74 Å². The molecule has 4 aliphatic rings. The van der Waals surface area contributed by atoms with Gasteiger partial charge in [-0.05, 0) is 55.3 Å². The van der Waals surface area contributed by atoms with Crippen LogP contribution in [0.15, 0.2) is 0 Å². The lowest BCUT2D eigenvalue weighted by Crippen LogP contribution is -2.65. The van der Waals surface area contributed by atoms with Gasteiger partial charge in [0.15, 0.2) is 12.6 Å². The van der Waals surface area contributed by atoms with Crippen LogP contribution in [0.1, 0.15) is 92.0 Å². The molecule has 0 aromatic heterocycles. The van der Waals surface area contributed by atoms with E-state index >= 15 is 0 Å². The van der Waals surface area contributed by atoms with Crippen LogP contribution in [-0.4, -0.2) is 28.4 Å². The average molecular weight is 386 g/mol. The molecule has 1 heterocycles.